The van der Waals surface area contributed by atoms with Crippen LogP contribution in [0.15, 0.2) is 0 Å². The van der Waals surface area contributed by atoms with Gasteiger partial charge in [-0.05, 0) is 45.8 Å². The van der Waals surface area contributed by atoms with Gasteiger partial charge in [0.05, 0.1) is 0 Å². The average molecular weight is 300 g/mol. The van der Waals surface area contributed by atoms with Crippen LogP contribution in [0.25, 0.3) is 0 Å². The standard InChI is InChI=1S/C18H41N3/c1-18(20)14-17-21-16-13-11-9-7-5-3-2-4-6-8-10-12-15-19/h18,21H,2-17,19-20H2,1H3. The first kappa shape index (κ1) is 20.9. The molecular weight excluding hydrogens is 258 g/mol. The second-order valence-corrected chi connectivity index (χ2v) is 6.55. The van der Waals surface area contributed by atoms with E-state index in [2.05, 4.69) is 12.2 Å². The van der Waals surface area contributed by atoms with Crippen molar-refractivity contribution in [2.75, 3.05) is 19.6 Å². The molecular formula is C18H41N3. The molecule has 0 aliphatic carbocycles. The topological polar surface area (TPSA) is 64.1 Å². The van der Waals surface area contributed by atoms with Crippen LogP contribution in [-0.4, -0.2) is 25.7 Å². The number of nitrogens with one attached hydrogen (secondary N) is 1. The summed E-state index contributed by atoms with van der Waals surface area (Å²) in [6.07, 6.45) is 17.7. The molecule has 128 valence electrons. The highest BCUT2D eigenvalue weighted by Gasteiger charge is 1.95. The second-order valence-electron chi connectivity index (χ2n) is 6.55. The third-order valence-corrected chi connectivity index (χ3v) is 4.08. The first-order valence-electron chi connectivity index (χ1n) is 9.43. The van der Waals surface area contributed by atoms with Crippen molar-refractivity contribution in [3.63, 3.8) is 0 Å². The molecule has 0 amide bonds. The zero-order valence-corrected chi connectivity index (χ0v) is 14.5. The number of hydrogen-bond donors (Lipinski definition) is 3. The Hall–Kier alpha value is -0.120. The van der Waals surface area contributed by atoms with Gasteiger partial charge in [-0.15, -0.1) is 0 Å². The van der Waals surface area contributed by atoms with Crippen molar-refractivity contribution in [2.45, 2.75) is 96.4 Å². The Balaban J connectivity index is 2.93. The Bertz CT molecular complexity index is 183. The first-order valence-corrected chi connectivity index (χ1v) is 9.43. The minimum atomic E-state index is 0.332. The molecule has 0 saturated heterocycles. The van der Waals surface area contributed by atoms with Gasteiger partial charge in [0.25, 0.3) is 0 Å². The summed E-state index contributed by atoms with van der Waals surface area (Å²) < 4.78 is 0. The van der Waals surface area contributed by atoms with Gasteiger partial charge < -0.3 is 16.8 Å². The molecule has 0 fully saturated rings. The highest BCUT2D eigenvalue weighted by atomic mass is 14.8. The average Bonchev–Trinajstić information content (AvgIpc) is 2.46. The largest absolute Gasteiger partial charge is 0.330 e. The summed E-state index contributed by atoms with van der Waals surface area (Å²) in [5.74, 6) is 0. The van der Waals surface area contributed by atoms with Gasteiger partial charge in [0.1, 0.15) is 0 Å². The van der Waals surface area contributed by atoms with Crippen molar-refractivity contribution in [2.24, 2.45) is 11.5 Å². The molecule has 0 aliphatic heterocycles. The van der Waals surface area contributed by atoms with Crippen LogP contribution < -0.4 is 16.8 Å². The van der Waals surface area contributed by atoms with Crippen LogP contribution in [-0.2, 0) is 0 Å². The number of nitrogens with two attached hydrogens (primary N) is 2. The summed E-state index contributed by atoms with van der Waals surface area (Å²) >= 11 is 0. The van der Waals surface area contributed by atoms with Crippen molar-refractivity contribution >= 4 is 0 Å². The lowest BCUT2D eigenvalue weighted by molar-refractivity contribution is 0.527. The molecule has 5 N–H and O–H groups in total. The predicted octanol–water partition coefficient (Wildman–Crippen LogP) is 3.95. The van der Waals surface area contributed by atoms with Gasteiger partial charge in [-0.1, -0.05) is 64.2 Å². The maximum Gasteiger partial charge on any atom is 0.00225 e. The summed E-state index contributed by atoms with van der Waals surface area (Å²) in [4.78, 5) is 0. The highest BCUT2D eigenvalue weighted by molar-refractivity contribution is 4.56. The third-order valence-electron chi connectivity index (χ3n) is 4.08. The van der Waals surface area contributed by atoms with E-state index in [0.29, 0.717) is 6.04 Å². The van der Waals surface area contributed by atoms with E-state index >= 15 is 0 Å². The fraction of sp³-hybridized carbons (Fsp3) is 1.00. The van der Waals surface area contributed by atoms with E-state index in [1.54, 1.807) is 0 Å². The summed E-state index contributed by atoms with van der Waals surface area (Å²) in [5, 5.41) is 3.47. The predicted molar refractivity (Wildman–Crippen MR) is 95.6 cm³/mol. The quantitative estimate of drug-likeness (QED) is 0.356. The molecule has 0 aliphatic rings. The minimum Gasteiger partial charge on any atom is -0.330 e. The van der Waals surface area contributed by atoms with Gasteiger partial charge in [0, 0.05) is 6.04 Å². The van der Waals surface area contributed by atoms with Crippen LogP contribution >= 0.6 is 0 Å². The van der Waals surface area contributed by atoms with E-state index in [1.807, 2.05) is 0 Å². The lowest BCUT2D eigenvalue weighted by atomic mass is 10.1. The Morgan fingerprint density at radius 1 is 0.667 bits per heavy atom. The summed E-state index contributed by atoms with van der Waals surface area (Å²) in [6.45, 7) is 5.17. The summed E-state index contributed by atoms with van der Waals surface area (Å²) in [6, 6.07) is 0.332. The van der Waals surface area contributed by atoms with E-state index in [9.17, 15) is 0 Å². The van der Waals surface area contributed by atoms with Gasteiger partial charge in [0.2, 0.25) is 0 Å². The van der Waals surface area contributed by atoms with Crippen LogP contribution in [0.2, 0.25) is 0 Å². The van der Waals surface area contributed by atoms with Crippen molar-refractivity contribution in [3.05, 3.63) is 0 Å². The Labute approximate surface area is 133 Å². The monoisotopic (exact) mass is 299 g/mol. The van der Waals surface area contributed by atoms with Gasteiger partial charge in [-0.2, -0.15) is 0 Å². The Morgan fingerprint density at radius 2 is 1.10 bits per heavy atom. The maximum atomic E-state index is 5.71. The first-order chi connectivity index (χ1) is 10.3. The molecule has 3 nitrogen and oxygen atoms in total. The molecule has 0 saturated carbocycles. The van der Waals surface area contributed by atoms with Crippen LogP contribution in [0.1, 0.15) is 90.4 Å². The minimum absolute atomic E-state index is 0.332. The Kier molecular flexibility index (Phi) is 17.8. The van der Waals surface area contributed by atoms with Crippen molar-refractivity contribution in [1.29, 1.82) is 0 Å². The SMILES string of the molecule is CC(N)CCNCCCCCCCCCCCCCCN. The molecule has 0 aromatic heterocycles. The maximum absolute atomic E-state index is 5.71. The second kappa shape index (κ2) is 17.9. The van der Waals surface area contributed by atoms with E-state index in [1.165, 1.54) is 77.0 Å². The van der Waals surface area contributed by atoms with E-state index in [-0.39, 0.29) is 0 Å². The van der Waals surface area contributed by atoms with Crippen LogP contribution in [0.4, 0.5) is 0 Å². The van der Waals surface area contributed by atoms with Crippen molar-refractivity contribution in [1.82, 2.24) is 5.32 Å². The van der Waals surface area contributed by atoms with Crippen LogP contribution in [0.5, 0.6) is 0 Å². The number of hydrogen-bond acceptors (Lipinski definition) is 3. The molecule has 1 atom stereocenters. The number of unbranched alkanes of at least 4 members (excludes halogenated alkanes) is 11. The summed E-state index contributed by atoms with van der Waals surface area (Å²) in [7, 11) is 0. The zero-order chi connectivity index (χ0) is 15.6. The van der Waals surface area contributed by atoms with E-state index in [0.717, 1.165) is 26.1 Å². The fourth-order valence-electron chi connectivity index (χ4n) is 2.62. The lowest BCUT2D eigenvalue weighted by Crippen LogP contribution is -2.24. The molecule has 0 rings (SSSR count). The normalized spacial score (nSPS) is 12.7. The summed E-state index contributed by atoms with van der Waals surface area (Å²) in [5.41, 5.74) is 11.2. The van der Waals surface area contributed by atoms with Gasteiger partial charge in [-0.3, -0.25) is 0 Å². The van der Waals surface area contributed by atoms with Crippen molar-refractivity contribution < 1.29 is 0 Å². The molecule has 21 heavy (non-hydrogen) atoms. The molecule has 0 spiro atoms. The molecule has 0 radical (unpaired) electrons. The Morgan fingerprint density at radius 3 is 1.52 bits per heavy atom. The van der Waals surface area contributed by atoms with Crippen LogP contribution in [0.3, 0.4) is 0 Å². The molecule has 0 aromatic carbocycles. The molecule has 0 heterocycles. The van der Waals surface area contributed by atoms with E-state index < -0.39 is 0 Å². The molecule has 3 heteroatoms. The van der Waals surface area contributed by atoms with Crippen LogP contribution in [0, 0.1) is 0 Å². The molecule has 0 aromatic rings. The molecule has 1 unspecified atom stereocenters. The lowest BCUT2D eigenvalue weighted by Gasteiger charge is -2.07. The van der Waals surface area contributed by atoms with Gasteiger partial charge >= 0.3 is 0 Å². The fourth-order valence-corrected chi connectivity index (χ4v) is 2.62. The molecule has 0 bridgehead atoms. The third kappa shape index (κ3) is 19.9. The van der Waals surface area contributed by atoms with E-state index in [4.69, 9.17) is 11.5 Å². The number of rotatable bonds is 17. The highest BCUT2D eigenvalue weighted by Crippen LogP contribution is 2.11. The van der Waals surface area contributed by atoms with Crippen molar-refractivity contribution in [3.8, 4) is 0 Å². The zero-order valence-electron chi connectivity index (χ0n) is 14.5. The van der Waals surface area contributed by atoms with Gasteiger partial charge in [-0.25, -0.2) is 0 Å². The smallest absolute Gasteiger partial charge is 0.00225 e. The van der Waals surface area contributed by atoms with Gasteiger partial charge in [0.15, 0.2) is 0 Å².